The van der Waals surface area contributed by atoms with Crippen LogP contribution in [-0.4, -0.2) is 18.2 Å². The van der Waals surface area contributed by atoms with Gasteiger partial charge in [-0.05, 0) is 12.8 Å². The van der Waals surface area contributed by atoms with Crippen LogP contribution in [0.15, 0.2) is 0 Å². The highest BCUT2D eigenvalue weighted by Gasteiger charge is 2.15. The molecule has 0 aliphatic rings. The molecule has 0 aromatic carbocycles. The third-order valence-electron chi connectivity index (χ3n) is 3.67. The SMILES string of the molecule is CCCCCCCC(CCCCCCC)S(=O)(=O)[O-].[NH4+]. The van der Waals surface area contributed by atoms with E-state index in [0.29, 0.717) is 12.8 Å². The van der Waals surface area contributed by atoms with Gasteiger partial charge in [0.2, 0.25) is 0 Å². The molecule has 0 atom stereocenters. The van der Waals surface area contributed by atoms with Crippen molar-refractivity contribution in [2.45, 2.75) is 96.1 Å². The molecule has 0 aliphatic heterocycles. The minimum Gasteiger partial charge on any atom is -0.748 e. The van der Waals surface area contributed by atoms with Crippen LogP contribution in [0.4, 0.5) is 0 Å². The second-order valence-electron chi connectivity index (χ2n) is 5.52. The average Bonchev–Trinajstić information content (AvgIpc) is 2.34. The zero-order chi connectivity index (χ0) is 14.6. The number of rotatable bonds is 13. The van der Waals surface area contributed by atoms with Gasteiger partial charge >= 0.3 is 0 Å². The van der Waals surface area contributed by atoms with Gasteiger partial charge in [0.15, 0.2) is 0 Å². The van der Waals surface area contributed by atoms with Crippen molar-refractivity contribution in [2.24, 2.45) is 0 Å². The van der Waals surface area contributed by atoms with Crippen LogP contribution in [0.25, 0.3) is 0 Å². The van der Waals surface area contributed by atoms with Gasteiger partial charge in [0.05, 0.1) is 10.1 Å². The fraction of sp³-hybridized carbons (Fsp3) is 1.00. The zero-order valence-corrected chi connectivity index (χ0v) is 14.5. The Balaban J connectivity index is 0. The topological polar surface area (TPSA) is 93.7 Å². The molecule has 0 unspecified atom stereocenters. The second-order valence-corrected chi connectivity index (χ2v) is 7.17. The second kappa shape index (κ2) is 13.8. The van der Waals surface area contributed by atoms with Crippen LogP contribution in [0.3, 0.4) is 0 Å². The smallest absolute Gasteiger partial charge is 0.0975 e. The molecule has 124 valence electrons. The normalized spacial score (nSPS) is 11.6. The monoisotopic (exact) mass is 309 g/mol. The Morgan fingerprint density at radius 2 is 1.10 bits per heavy atom. The van der Waals surface area contributed by atoms with Crippen molar-refractivity contribution in [3.63, 3.8) is 0 Å². The molecule has 20 heavy (non-hydrogen) atoms. The van der Waals surface area contributed by atoms with Crippen LogP contribution >= 0.6 is 0 Å². The fourth-order valence-corrected chi connectivity index (χ4v) is 3.29. The third-order valence-corrected chi connectivity index (χ3v) is 4.96. The van der Waals surface area contributed by atoms with Crippen molar-refractivity contribution in [1.82, 2.24) is 6.15 Å². The lowest BCUT2D eigenvalue weighted by atomic mass is 10.0. The molecule has 0 heterocycles. The van der Waals surface area contributed by atoms with Gasteiger partial charge < -0.3 is 10.7 Å². The van der Waals surface area contributed by atoms with Crippen molar-refractivity contribution < 1.29 is 13.0 Å². The highest BCUT2D eigenvalue weighted by Crippen LogP contribution is 2.18. The molecule has 0 aromatic heterocycles. The lowest BCUT2D eigenvalue weighted by Crippen LogP contribution is -2.20. The molecule has 5 heteroatoms. The summed E-state index contributed by atoms with van der Waals surface area (Å²) >= 11 is 0. The van der Waals surface area contributed by atoms with Gasteiger partial charge in [-0.1, -0.05) is 78.1 Å². The summed E-state index contributed by atoms with van der Waals surface area (Å²) in [6, 6.07) is 0. The Hall–Kier alpha value is -0.130. The summed E-state index contributed by atoms with van der Waals surface area (Å²) in [6.45, 7) is 4.31. The molecule has 0 saturated carbocycles. The summed E-state index contributed by atoms with van der Waals surface area (Å²) in [6.07, 6.45) is 12.0. The number of hydrogen-bond donors (Lipinski definition) is 1. The lowest BCUT2D eigenvalue weighted by molar-refractivity contribution is 0.428. The van der Waals surface area contributed by atoms with Crippen LogP contribution < -0.4 is 6.15 Å². The number of quaternary nitrogens is 1. The van der Waals surface area contributed by atoms with E-state index in [1.54, 1.807) is 0 Å². The van der Waals surface area contributed by atoms with Crippen molar-refractivity contribution in [3.05, 3.63) is 0 Å². The molecule has 0 fully saturated rings. The van der Waals surface area contributed by atoms with Crippen LogP contribution in [0.1, 0.15) is 90.9 Å². The molecule has 0 aromatic rings. The Labute approximate surface area is 126 Å². The summed E-state index contributed by atoms with van der Waals surface area (Å²) in [7, 11) is -4.10. The molecule has 0 aliphatic carbocycles. The summed E-state index contributed by atoms with van der Waals surface area (Å²) in [4.78, 5) is 0. The van der Waals surface area contributed by atoms with Crippen molar-refractivity contribution >= 4 is 10.1 Å². The number of hydrogen-bond acceptors (Lipinski definition) is 3. The number of unbranched alkanes of at least 4 members (excludes halogenated alkanes) is 8. The van der Waals surface area contributed by atoms with Crippen LogP contribution in [-0.2, 0) is 10.1 Å². The van der Waals surface area contributed by atoms with E-state index in [4.69, 9.17) is 0 Å². The molecule has 0 amide bonds. The molecule has 4 nitrogen and oxygen atoms in total. The van der Waals surface area contributed by atoms with Gasteiger partial charge in [-0.2, -0.15) is 0 Å². The predicted octanol–water partition coefficient (Wildman–Crippen LogP) is 5.00. The maximum atomic E-state index is 11.2. The Morgan fingerprint density at radius 3 is 1.40 bits per heavy atom. The largest absolute Gasteiger partial charge is 0.748 e. The molecule has 0 spiro atoms. The van der Waals surface area contributed by atoms with Crippen molar-refractivity contribution in [2.75, 3.05) is 0 Å². The van der Waals surface area contributed by atoms with Crippen LogP contribution in [0, 0.1) is 0 Å². The maximum absolute atomic E-state index is 11.2. The minimum atomic E-state index is -4.10. The molecule has 0 rings (SSSR count). The highest BCUT2D eigenvalue weighted by atomic mass is 32.2. The minimum absolute atomic E-state index is 0. The molecule has 0 saturated heterocycles. The lowest BCUT2D eigenvalue weighted by Gasteiger charge is -2.20. The molecular weight excluding hydrogens is 274 g/mol. The van der Waals surface area contributed by atoms with E-state index in [9.17, 15) is 13.0 Å². The van der Waals surface area contributed by atoms with Gasteiger partial charge in [0.25, 0.3) is 0 Å². The van der Waals surface area contributed by atoms with E-state index < -0.39 is 15.4 Å². The standard InChI is InChI=1S/C15H32O3S.H3N/c1-3-5-7-9-11-13-15(19(16,17)18)14-12-10-8-6-4-2;/h15H,3-14H2,1-2H3,(H,16,17,18);1H3. The molecule has 4 N–H and O–H groups in total. The fourth-order valence-electron chi connectivity index (χ4n) is 2.38. The Kier molecular flexibility index (Phi) is 15.3. The predicted molar refractivity (Wildman–Crippen MR) is 86.2 cm³/mol. The maximum Gasteiger partial charge on any atom is 0.0975 e. The first-order valence-corrected chi connectivity index (χ1v) is 9.44. The van der Waals surface area contributed by atoms with E-state index >= 15 is 0 Å². The van der Waals surface area contributed by atoms with Gasteiger partial charge in [-0.25, -0.2) is 8.42 Å². The summed E-state index contributed by atoms with van der Waals surface area (Å²) in [5, 5.41) is -0.643. The first-order chi connectivity index (χ1) is 9.02. The van der Waals surface area contributed by atoms with Gasteiger partial charge in [0, 0.05) is 5.25 Å². The van der Waals surface area contributed by atoms with Gasteiger partial charge in [-0.3, -0.25) is 0 Å². The summed E-state index contributed by atoms with van der Waals surface area (Å²) in [5.74, 6) is 0. The van der Waals surface area contributed by atoms with E-state index in [1.165, 1.54) is 25.7 Å². The van der Waals surface area contributed by atoms with E-state index in [1.807, 2.05) is 0 Å². The Morgan fingerprint density at radius 1 is 0.750 bits per heavy atom. The van der Waals surface area contributed by atoms with Gasteiger partial charge in [0.1, 0.15) is 0 Å². The quantitative estimate of drug-likeness (QED) is 0.383. The molecule has 0 bridgehead atoms. The Bertz CT molecular complexity index is 277. The summed E-state index contributed by atoms with van der Waals surface area (Å²) < 4.78 is 33.6. The zero-order valence-electron chi connectivity index (χ0n) is 13.7. The molecular formula is C15H35NO3S. The van der Waals surface area contributed by atoms with Crippen molar-refractivity contribution in [1.29, 1.82) is 0 Å². The van der Waals surface area contributed by atoms with Gasteiger partial charge in [-0.15, -0.1) is 0 Å². The highest BCUT2D eigenvalue weighted by molar-refractivity contribution is 7.86. The first-order valence-electron chi connectivity index (χ1n) is 7.97. The van der Waals surface area contributed by atoms with E-state index in [0.717, 1.165) is 38.5 Å². The van der Waals surface area contributed by atoms with Crippen LogP contribution in [0.5, 0.6) is 0 Å². The third kappa shape index (κ3) is 12.9. The first kappa shape index (κ1) is 22.2. The van der Waals surface area contributed by atoms with Crippen molar-refractivity contribution in [3.8, 4) is 0 Å². The van der Waals surface area contributed by atoms with E-state index in [2.05, 4.69) is 13.8 Å². The van der Waals surface area contributed by atoms with E-state index in [-0.39, 0.29) is 6.15 Å². The van der Waals surface area contributed by atoms with Crippen LogP contribution in [0.2, 0.25) is 0 Å². The molecule has 0 radical (unpaired) electrons. The summed E-state index contributed by atoms with van der Waals surface area (Å²) in [5.41, 5.74) is 0. The average molecular weight is 310 g/mol.